The van der Waals surface area contributed by atoms with Gasteiger partial charge in [-0.1, -0.05) is 19.8 Å². The largest absolute Gasteiger partial charge is 0.358 e. The molecule has 1 aliphatic carbocycles. The number of rotatable bonds is 5. The third-order valence-electron chi connectivity index (χ3n) is 3.67. The fraction of sp³-hybridized carbons (Fsp3) is 0.923. The summed E-state index contributed by atoms with van der Waals surface area (Å²) in [5, 5.41) is 6.10. The maximum absolute atomic E-state index is 11.4. The van der Waals surface area contributed by atoms with Crippen LogP contribution in [0.3, 0.4) is 0 Å². The van der Waals surface area contributed by atoms with Gasteiger partial charge in [0.15, 0.2) is 0 Å². The molecule has 0 saturated heterocycles. The molecule has 1 fully saturated rings. The number of likely N-dealkylation sites (N-methyl/N-ethyl adjacent to an activating group) is 1. The molecule has 94 valence electrons. The fourth-order valence-electron chi connectivity index (χ4n) is 2.67. The van der Waals surface area contributed by atoms with E-state index in [1.165, 1.54) is 38.5 Å². The van der Waals surface area contributed by atoms with Crippen LogP contribution in [-0.2, 0) is 4.79 Å². The summed E-state index contributed by atoms with van der Waals surface area (Å²) in [7, 11) is 1.69. The second kappa shape index (κ2) is 6.89. The van der Waals surface area contributed by atoms with Crippen LogP contribution in [0, 0.1) is 5.92 Å². The van der Waals surface area contributed by atoms with E-state index >= 15 is 0 Å². The van der Waals surface area contributed by atoms with Crippen LogP contribution in [0.25, 0.3) is 0 Å². The Labute approximate surface area is 99.4 Å². The van der Waals surface area contributed by atoms with Crippen molar-refractivity contribution in [2.24, 2.45) is 5.92 Å². The van der Waals surface area contributed by atoms with E-state index < -0.39 is 0 Å². The number of nitrogens with one attached hydrogen (secondary N) is 2. The van der Waals surface area contributed by atoms with Gasteiger partial charge < -0.3 is 10.6 Å². The molecule has 0 aromatic carbocycles. The summed E-state index contributed by atoms with van der Waals surface area (Å²) in [5.74, 6) is 1.02. The lowest BCUT2D eigenvalue weighted by Gasteiger charge is -2.30. The first-order valence-corrected chi connectivity index (χ1v) is 6.65. The SMILES string of the molecule is CCCC1CCC(NC(C)C(=O)NC)CC1. The smallest absolute Gasteiger partial charge is 0.236 e. The second-order valence-electron chi connectivity index (χ2n) is 5.01. The number of carbonyl (C=O) groups is 1. The van der Waals surface area contributed by atoms with Crippen LogP contribution in [0.1, 0.15) is 52.4 Å². The Balaban J connectivity index is 2.24. The van der Waals surface area contributed by atoms with E-state index in [1.807, 2.05) is 6.92 Å². The van der Waals surface area contributed by atoms with Crippen molar-refractivity contribution in [2.75, 3.05) is 7.05 Å². The van der Waals surface area contributed by atoms with Crippen molar-refractivity contribution in [3.63, 3.8) is 0 Å². The zero-order valence-electron chi connectivity index (χ0n) is 10.9. The lowest BCUT2D eigenvalue weighted by Crippen LogP contribution is -2.46. The Kier molecular flexibility index (Phi) is 5.81. The van der Waals surface area contributed by atoms with E-state index in [-0.39, 0.29) is 11.9 Å². The van der Waals surface area contributed by atoms with E-state index in [4.69, 9.17) is 0 Å². The highest BCUT2D eigenvalue weighted by molar-refractivity contribution is 5.80. The van der Waals surface area contributed by atoms with Crippen LogP contribution >= 0.6 is 0 Å². The van der Waals surface area contributed by atoms with Crippen molar-refractivity contribution in [3.05, 3.63) is 0 Å². The summed E-state index contributed by atoms with van der Waals surface area (Å²) in [6.45, 7) is 4.20. The predicted octanol–water partition coefficient (Wildman–Crippen LogP) is 2.07. The molecule has 0 bridgehead atoms. The van der Waals surface area contributed by atoms with Gasteiger partial charge in [0.25, 0.3) is 0 Å². The Hall–Kier alpha value is -0.570. The standard InChI is InChI=1S/C13H26N2O/c1-4-5-11-6-8-12(9-7-11)15-10(2)13(16)14-3/h10-12,15H,4-9H2,1-3H3,(H,14,16). The monoisotopic (exact) mass is 226 g/mol. The molecule has 0 spiro atoms. The zero-order valence-corrected chi connectivity index (χ0v) is 10.9. The molecule has 1 atom stereocenters. The third kappa shape index (κ3) is 4.12. The van der Waals surface area contributed by atoms with Crippen molar-refractivity contribution < 1.29 is 4.79 Å². The molecule has 1 unspecified atom stereocenters. The van der Waals surface area contributed by atoms with Gasteiger partial charge in [0.1, 0.15) is 0 Å². The molecule has 0 radical (unpaired) electrons. The van der Waals surface area contributed by atoms with Crippen LogP contribution in [0.15, 0.2) is 0 Å². The molecule has 0 aromatic rings. The van der Waals surface area contributed by atoms with Crippen molar-refractivity contribution in [2.45, 2.75) is 64.5 Å². The highest BCUT2D eigenvalue weighted by Crippen LogP contribution is 2.27. The maximum Gasteiger partial charge on any atom is 0.236 e. The first-order chi connectivity index (χ1) is 7.67. The van der Waals surface area contributed by atoms with E-state index in [0.717, 1.165) is 5.92 Å². The quantitative estimate of drug-likeness (QED) is 0.753. The van der Waals surface area contributed by atoms with Crippen LogP contribution in [0.4, 0.5) is 0 Å². The van der Waals surface area contributed by atoms with E-state index in [2.05, 4.69) is 17.6 Å². The van der Waals surface area contributed by atoms with Gasteiger partial charge in [-0.25, -0.2) is 0 Å². The molecule has 3 nitrogen and oxygen atoms in total. The number of carbonyl (C=O) groups excluding carboxylic acids is 1. The molecule has 1 rings (SSSR count). The summed E-state index contributed by atoms with van der Waals surface area (Å²) >= 11 is 0. The molecule has 0 aliphatic heterocycles. The molecule has 16 heavy (non-hydrogen) atoms. The predicted molar refractivity (Wildman–Crippen MR) is 67.3 cm³/mol. The average Bonchev–Trinajstić information content (AvgIpc) is 2.31. The molecule has 0 aromatic heterocycles. The fourth-order valence-corrected chi connectivity index (χ4v) is 2.67. The summed E-state index contributed by atoms with van der Waals surface area (Å²) in [6.07, 6.45) is 7.78. The second-order valence-corrected chi connectivity index (χ2v) is 5.01. The van der Waals surface area contributed by atoms with Crippen LogP contribution in [0.2, 0.25) is 0 Å². The zero-order chi connectivity index (χ0) is 12.0. The summed E-state index contributed by atoms with van der Waals surface area (Å²) < 4.78 is 0. The molecular formula is C13H26N2O. The molecular weight excluding hydrogens is 200 g/mol. The first-order valence-electron chi connectivity index (χ1n) is 6.65. The van der Waals surface area contributed by atoms with Gasteiger partial charge in [0.2, 0.25) is 5.91 Å². The molecule has 1 saturated carbocycles. The Bertz CT molecular complexity index is 210. The number of hydrogen-bond acceptors (Lipinski definition) is 2. The minimum Gasteiger partial charge on any atom is -0.358 e. The minimum atomic E-state index is -0.0577. The lowest BCUT2D eigenvalue weighted by atomic mass is 9.83. The van der Waals surface area contributed by atoms with Gasteiger partial charge in [-0.3, -0.25) is 4.79 Å². The summed E-state index contributed by atoms with van der Waals surface area (Å²) in [5.41, 5.74) is 0. The number of amides is 1. The molecule has 3 heteroatoms. The van der Waals surface area contributed by atoms with Crippen molar-refractivity contribution in [3.8, 4) is 0 Å². The maximum atomic E-state index is 11.4. The normalized spacial score (nSPS) is 27.4. The Morgan fingerprint density at radius 2 is 1.94 bits per heavy atom. The van der Waals surface area contributed by atoms with Gasteiger partial charge in [-0.05, 0) is 38.5 Å². The van der Waals surface area contributed by atoms with Gasteiger partial charge in [-0.2, -0.15) is 0 Å². The lowest BCUT2D eigenvalue weighted by molar-refractivity contribution is -0.122. The van der Waals surface area contributed by atoms with Gasteiger partial charge in [0.05, 0.1) is 6.04 Å². The van der Waals surface area contributed by atoms with Crippen LogP contribution in [0.5, 0.6) is 0 Å². The molecule has 2 N–H and O–H groups in total. The Morgan fingerprint density at radius 3 is 2.44 bits per heavy atom. The molecule has 1 aliphatic rings. The van der Waals surface area contributed by atoms with Gasteiger partial charge in [0, 0.05) is 13.1 Å². The average molecular weight is 226 g/mol. The van der Waals surface area contributed by atoms with E-state index in [0.29, 0.717) is 6.04 Å². The van der Waals surface area contributed by atoms with Gasteiger partial charge >= 0.3 is 0 Å². The highest BCUT2D eigenvalue weighted by atomic mass is 16.2. The highest BCUT2D eigenvalue weighted by Gasteiger charge is 2.23. The van der Waals surface area contributed by atoms with Crippen LogP contribution < -0.4 is 10.6 Å². The van der Waals surface area contributed by atoms with E-state index in [1.54, 1.807) is 7.05 Å². The number of hydrogen-bond donors (Lipinski definition) is 2. The Morgan fingerprint density at radius 1 is 1.31 bits per heavy atom. The van der Waals surface area contributed by atoms with Crippen LogP contribution in [-0.4, -0.2) is 25.0 Å². The summed E-state index contributed by atoms with van der Waals surface area (Å²) in [6, 6.07) is 0.484. The van der Waals surface area contributed by atoms with Crippen molar-refractivity contribution >= 4 is 5.91 Å². The van der Waals surface area contributed by atoms with Gasteiger partial charge in [-0.15, -0.1) is 0 Å². The van der Waals surface area contributed by atoms with Crippen molar-refractivity contribution in [1.82, 2.24) is 10.6 Å². The molecule has 0 heterocycles. The van der Waals surface area contributed by atoms with E-state index in [9.17, 15) is 4.79 Å². The minimum absolute atomic E-state index is 0.0577. The molecule has 1 amide bonds. The first kappa shape index (κ1) is 13.5. The topological polar surface area (TPSA) is 41.1 Å². The van der Waals surface area contributed by atoms with Crippen molar-refractivity contribution in [1.29, 1.82) is 0 Å². The summed E-state index contributed by atoms with van der Waals surface area (Å²) in [4.78, 5) is 11.4. The third-order valence-corrected chi connectivity index (χ3v) is 3.67.